The van der Waals surface area contributed by atoms with Gasteiger partial charge in [0.05, 0.1) is 0 Å². The molecule has 0 spiro atoms. The highest BCUT2D eigenvalue weighted by atomic mass is 13.8. The number of allylic oxidation sites excluding steroid dienone is 12. The summed E-state index contributed by atoms with van der Waals surface area (Å²) >= 11 is 0. The van der Waals surface area contributed by atoms with Gasteiger partial charge in [0.1, 0.15) is 0 Å². The van der Waals surface area contributed by atoms with E-state index >= 15 is 0 Å². The van der Waals surface area contributed by atoms with Crippen molar-refractivity contribution in [1.82, 2.24) is 0 Å². The Morgan fingerprint density at radius 2 is 0.643 bits per heavy atom. The maximum atomic E-state index is 2.14. The lowest BCUT2D eigenvalue weighted by atomic mass is 10.3. The van der Waals surface area contributed by atoms with Crippen LogP contribution in [0.25, 0.3) is 0 Å². The van der Waals surface area contributed by atoms with E-state index in [2.05, 4.69) is 48.6 Å². The molecule has 0 aromatic rings. The van der Waals surface area contributed by atoms with E-state index in [1.54, 1.807) is 0 Å². The van der Waals surface area contributed by atoms with Crippen molar-refractivity contribution < 1.29 is 0 Å². The Balaban J connectivity index is 2.55. The molecule has 72 valence electrons. The van der Waals surface area contributed by atoms with E-state index in [1.807, 2.05) is 24.3 Å². The Bertz CT molecular complexity index is 264. The average molecular weight is 184 g/mol. The monoisotopic (exact) mass is 184 g/mol. The van der Waals surface area contributed by atoms with Crippen LogP contribution in [-0.2, 0) is 0 Å². The van der Waals surface area contributed by atoms with Gasteiger partial charge < -0.3 is 0 Å². The molecule has 0 aromatic heterocycles. The van der Waals surface area contributed by atoms with Gasteiger partial charge in [-0.05, 0) is 12.8 Å². The van der Waals surface area contributed by atoms with Crippen LogP contribution in [0.4, 0.5) is 0 Å². The molecule has 0 fully saturated rings. The van der Waals surface area contributed by atoms with Crippen molar-refractivity contribution in [3.63, 3.8) is 0 Å². The highest BCUT2D eigenvalue weighted by molar-refractivity contribution is 5.17. The van der Waals surface area contributed by atoms with Crippen LogP contribution in [-0.4, -0.2) is 0 Å². The maximum absolute atomic E-state index is 2.14. The number of hydrogen-bond donors (Lipinski definition) is 0. The highest BCUT2D eigenvalue weighted by Crippen LogP contribution is 1.92. The molecule has 0 saturated heterocycles. The largest absolute Gasteiger partial charge is 0.0808 e. The molecule has 1 rings (SSSR count). The molecule has 1 aliphatic rings. The van der Waals surface area contributed by atoms with Gasteiger partial charge in [-0.2, -0.15) is 0 Å². The van der Waals surface area contributed by atoms with Gasteiger partial charge in [-0.25, -0.2) is 0 Å². The van der Waals surface area contributed by atoms with E-state index in [4.69, 9.17) is 0 Å². The van der Waals surface area contributed by atoms with Gasteiger partial charge in [-0.3, -0.25) is 0 Å². The molecule has 0 heterocycles. The van der Waals surface area contributed by atoms with Crippen LogP contribution in [0.1, 0.15) is 12.8 Å². The first kappa shape index (κ1) is 10.5. The van der Waals surface area contributed by atoms with E-state index in [0.717, 1.165) is 12.8 Å². The summed E-state index contributed by atoms with van der Waals surface area (Å²) < 4.78 is 0. The first-order valence-electron chi connectivity index (χ1n) is 4.97. The lowest BCUT2D eigenvalue weighted by Gasteiger charge is -1.82. The normalized spacial score (nSPS) is 30.9. The lowest BCUT2D eigenvalue weighted by Crippen LogP contribution is -1.61. The molecule has 0 bridgehead atoms. The third-order valence-electron chi connectivity index (χ3n) is 1.76. The van der Waals surface area contributed by atoms with Gasteiger partial charge in [0, 0.05) is 0 Å². The van der Waals surface area contributed by atoms with Crippen molar-refractivity contribution in [2.75, 3.05) is 0 Å². The molecule has 0 aliphatic heterocycles. The maximum Gasteiger partial charge on any atom is -0.0163 e. The highest BCUT2D eigenvalue weighted by Gasteiger charge is 1.71. The van der Waals surface area contributed by atoms with Gasteiger partial charge in [-0.15, -0.1) is 0 Å². The van der Waals surface area contributed by atoms with Crippen molar-refractivity contribution in [2.24, 2.45) is 0 Å². The molecule has 0 saturated carbocycles. The fourth-order valence-electron chi connectivity index (χ4n) is 1.04. The van der Waals surface area contributed by atoms with Crippen molar-refractivity contribution in [1.29, 1.82) is 0 Å². The van der Waals surface area contributed by atoms with E-state index in [0.29, 0.717) is 0 Å². The van der Waals surface area contributed by atoms with E-state index in [1.165, 1.54) is 0 Å². The molecule has 0 radical (unpaired) electrons. The molecular weight excluding hydrogens is 168 g/mol. The van der Waals surface area contributed by atoms with Crippen molar-refractivity contribution in [2.45, 2.75) is 12.8 Å². The summed E-state index contributed by atoms with van der Waals surface area (Å²) in [4.78, 5) is 0. The second-order valence-corrected chi connectivity index (χ2v) is 2.95. The smallest absolute Gasteiger partial charge is 0.0163 e. The van der Waals surface area contributed by atoms with Gasteiger partial charge in [0.25, 0.3) is 0 Å². The quantitative estimate of drug-likeness (QED) is 0.531. The average Bonchev–Trinajstić information content (AvgIpc) is 2.22. The fourth-order valence-corrected chi connectivity index (χ4v) is 1.04. The van der Waals surface area contributed by atoms with Gasteiger partial charge in [-0.1, -0.05) is 72.9 Å². The van der Waals surface area contributed by atoms with Gasteiger partial charge in [0.15, 0.2) is 0 Å². The Morgan fingerprint density at radius 1 is 0.357 bits per heavy atom. The lowest BCUT2D eigenvalue weighted by molar-refractivity contribution is 1.37. The second kappa shape index (κ2) is 8.06. The Morgan fingerprint density at radius 3 is 1.07 bits per heavy atom. The van der Waals surface area contributed by atoms with Crippen LogP contribution >= 0.6 is 0 Å². The Labute approximate surface area is 86.3 Å². The summed E-state index contributed by atoms with van der Waals surface area (Å²) in [6.07, 6.45) is 27.0. The summed E-state index contributed by atoms with van der Waals surface area (Å²) in [7, 11) is 0. The first-order chi connectivity index (χ1) is 7.00. The van der Waals surface area contributed by atoms with E-state index < -0.39 is 0 Å². The minimum Gasteiger partial charge on any atom is -0.0808 e. The predicted octanol–water partition coefficient (Wildman–Crippen LogP) is 4.12. The van der Waals surface area contributed by atoms with Crippen LogP contribution in [0.15, 0.2) is 72.9 Å². The molecular formula is C14H16. The second-order valence-electron chi connectivity index (χ2n) is 2.95. The van der Waals surface area contributed by atoms with E-state index in [9.17, 15) is 0 Å². The molecule has 0 heteroatoms. The summed E-state index contributed by atoms with van der Waals surface area (Å²) in [5.41, 5.74) is 0. The summed E-state index contributed by atoms with van der Waals surface area (Å²) in [5, 5.41) is 0. The zero-order valence-electron chi connectivity index (χ0n) is 8.34. The van der Waals surface area contributed by atoms with Crippen molar-refractivity contribution >= 4 is 0 Å². The van der Waals surface area contributed by atoms with Gasteiger partial charge in [0.2, 0.25) is 0 Å². The summed E-state index contributed by atoms with van der Waals surface area (Å²) in [5.74, 6) is 0. The van der Waals surface area contributed by atoms with Gasteiger partial charge >= 0.3 is 0 Å². The molecule has 0 N–H and O–H groups in total. The summed E-state index contributed by atoms with van der Waals surface area (Å²) in [6.45, 7) is 0. The van der Waals surface area contributed by atoms with Crippen molar-refractivity contribution in [3.8, 4) is 0 Å². The zero-order valence-corrected chi connectivity index (χ0v) is 8.34. The molecule has 0 atom stereocenters. The topological polar surface area (TPSA) is 0 Å². The predicted molar refractivity (Wildman–Crippen MR) is 64.1 cm³/mol. The van der Waals surface area contributed by atoms with E-state index in [-0.39, 0.29) is 0 Å². The first-order valence-corrected chi connectivity index (χ1v) is 4.97. The van der Waals surface area contributed by atoms with Crippen LogP contribution < -0.4 is 0 Å². The molecule has 0 nitrogen and oxygen atoms in total. The van der Waals surface area contributed by atoms with Crippen LogP contribution in [0.5, 0.6) is 0 Å². The van der Waals surface area contributed by atoms with Crippen LogP contribution in [0, 0.1) is 0 Å². The Kier molecular flexibility index (Phi) is 6.05. The zero-order chi connectivity index (χ0) is 9.90. The number of rotatable bonds is 0. The molecule has 0 aromatic carbocycles. The standard InChI is InChI=1S/C14H16/c1-2-4-6-8-10-12-14-13-11-9-7-5-3-1/h1-8,11-14H,9-10H2/b3-1-,4-2-,7-5-,8-6-,13-11-,14-12-. The van der Waals surface area contributed by atoms with Crippen molar-refractivity contribution in [3.05, 3.63) is 72.9 Å². The fraction of sp³-hybridized carbons (Fsp3) is 0.143. The van der Waals surface area contributed by atoms with Crippen LogP contribution in [0.3, 0.4) is 0 Å². The minimum atomic E-state index is 0.994. The third kappa shape index (κ3) is 6.01. The summed E-state index contributed by atoms with van der Waals surface area (Å²) in [6, 6.07) is 0. The molecule has 14 heavy (non-hydrogen) atoms. The third-order valence-corrected chi connectivity index (χ3v) is 1.76. The molecule has 0 unspecified atom stereocenters. The van der Waals surface area contributed by atoms with Crippen LogP contribution in [0.2, 0.25) is 0 Å². The number of hydrogen-bond acceptors (Lipinski definition) is 0. The SMILES string of the molecule is C1=C\C=C/C/C=C\C=C/C/C=C\C=C/1. The molecule has 1 aliphatic carbocycles. The minimum absolute atomic E-state index is 0.994. The molecule has 0 amide bonds. The Hall–Kier alpha value is -1.56.